The third-order valence-electron chi connectivity index (χ3n) is 3.89. The average molecular weight is 395 g/mol. The normalized spacial score (nSPS) is 10.5. The van der Waals surface area contributed by atoms with Gasteiger partial charge in [0.1, 0.15) is 5.82 Å². The summed E-state index contributed by atoms with van der Waals surface area (Å²) in [5, 5.41) is 18.6. The van der Waals surface area contributed by atoms with Crippen LogP contribution in [0.25, 0.3) is 0 Å². The van der Waals surface area contributed by atoms with Gasteiger partial charge in [-0.25, -0.2) is 14.8 Å². The summed E-state index contributed by atoms with van der Waals surface area (Å²) in [6.07, 6.45) is 2.62. The molecule has 7 nitrogen and oxygen atoms in total. The van der Waals surface area contributed by atoms with E-state index in [0.717, 1.165) is 17.8 Å². The van der Waals surface area contributed by atoms with Crippen LogP contribution in [-0.2, 0) is 13.1 Å². The Hall–Kier alpha value is -3.10. The largest absolute Gasteiger partial charge is 0.465 e. The number of amides is 1. The second-order valence-corrected chi connectivity index (χ2v) is 6.73. The molecule has 0 spiro atoms. The Balaban J connectivity index is 1.74. The molecule has 0 bridgehead atoms. The van der Waals surface area contributed by atoms with Gasteiger partial charge in [0.05, 0.1) is 0 Å². The van der Waals surface area contributed by atoms with Gasteiger partial charge in [0, 0.05) is 36.2 Å². The number of carboxylic acid groups (broad SMARTS) is 1. The lowest BCUT2D eigenvalue weighted by atomic mass is 10.2. The molecule has 3 rings (SSSR count). The molecule has 8 heteroatoms. The summed E-state index contributed by atoms with van der Waals surface area (Å²) in [5.74, 6) is 0.687. The van der Waals surface area contributed by atoms with Crippen molar-refractivity contribution >= 4 is 35.0 Å². The second-order valence-electron chi connectivity index (χ2n) is 5.96. The van der Waals surface area contributed by atoms with E-state index in [4.69, 9.17) is 5.11 Å². The van der Waals surface area contributed by atoms with Crippen LogP contribution in [-0.4, -0.2) is 27.4 Å². The Bertz CT molecular complexity index is 937. The molecule has 0 atom stereocenters. The summed E-state index contributed by atoms with van der Waals surface area (Å²) in [4.78, 5) is 19.8. The van der Waals surface area contributed by atoms with Gasteiger partial charge in [0.2, 0.25) is 0 Å². The van der Waals surface area contributed by atoms with Gasteiger partial charge in [0.15, 0.2) is 5.16 Å². The zero-order valence-corrected chi connectivity index (χ0v) is 16.2. The van der Waals surface area contributed by atoms with Crippen molar-refractivity contribution in [3.8, 4) is 0 Å². The van der Waals surface area contributed by atoms with Crippen LogP contribution in [0.1, 0.15) is 11.1 Å². The molecule has 1 heterocycles. The number of nitrogens with zero attached hydrogens (tertiary/aromatic N) is 2. The highest BCUT2D eigenvalue weighted by molar-refractivity contribution is 7.98. The van der Waals surface area contributed by atoms with Crippen molar-refractivity contribution in [2.45, 2.75) is 18.2 Å². The zero-order valence-electron chi connectivity index (χ0n) is 15.3. The van der Waals surface area contributed by atoms with E-state index in [-0.39, 0.29) is 0 Å². The molecule has 1 amide bonds. The Morgan fingerprint density at radius 3 is 2.61 bits per heavy atom. The summed E-state index contributed by atoms with van der Waals surface area (Å²) < 4.78 is 0. The van der Waals surface area contributed by atoms with Gasteiger partial charge < -0.3 is 15.7 Å². The van der Waals surface area contributed by atoms with Crippen LogP contribution in [0.5, 0.6) is 0 Å². The highest BCUT2D eigenvalue weighted by Crippen LogP contribution is 2.23. The van der Waals surface area contributed by atoms with E-state index in [1.807, 2.05) is 30.5 Å². The number of hydrogen-bond acceptors (Lipinski definition) is 6. The first-order chi connectivity index (χ1) is 13.6. The molecular weight excluding hydrogens is 374 g/mol. The molecule has 0 unspecified atom stereocenters. The van der Waals surface area contributed by atoms with Gasteiger partial charge in [0.25, 0.3) is 0 Å². The second kappa shape index (κ2) is 9.72. The molecule has 3 aromatic rings. The summed E-state index contributed by atoms with van der Waals surface area (Å²) >= 11 is 1.46. The van der Waals surface area contributed by atoms with E-state index in [9.17, 15) is 4.79 Å². The fourth-order valence-corrected chi connectivity index (χ4v) is 2.94. The number of hydrogen-bond donors (Lipinski definition) is 4. The fourth-order valence-electron chi connectivity index (χ4n) is 2.60. The molecule has 0 fully saturated rings. The summed E-state index contributed by atoms with van der Waals surface area (Å²) in [6.45, 7) is 1.33. The lowest BCUT2D eigenvalue weighted by Crippen LogP contribution is -2.15. The van der Waals surface area contributed by atoms with E-state index in [2.05, 4.69) is 38.1 Å². The Morgan fingerprint density at radius 2 is 1.86 bits per heavy atom. The predicted molar refractivity (Wildman–Crippen MR) is 112 cm³/mol. The first-order valence-electron chi connectivity index (χ1n) is 8.65. The highest BCUT2D eigenvalue weighted by atomic mass is 32.2. The maximum Gasteiger partial charge on any atom is 0.409 e. The van der Waals surface area contributed by atoms with Gasteiger partial charge >= 0.3 is 6.09 Å². The number of nitrogens with one attached hydrogen (secondary N) is 3. The molecule has 144 valence electrons. The Kier molecular flexibility index (Phi) is 6.83. The van der Waals surface area contributed by atoms with E-state index in [0.29, 0.717) is 23.2 Å². The first-order valence-corrected chi connectivity index (χ1v) is 9.88. The van der Waals surface area contributed by atoms with Crippen molar-refractivity contribution < 1.29 is 9.90 Å². The summed E-state index contributed by atoms with van der Waals surface area (Å²) in [7, 11) is 0. The van der Waals surface area contributed by atoms with Gasteiger partial charge in [-0.1, -0.05) is 48.2 Å². The number of anilines is 3. The smallest absolute Gasteiger partial charge is 0.409 e. The van der Waals surface area contributed by atoms with E-state index >= 15 is 0 Å². The average Bonchev–Trinajstić information content (AvgIpc) is 2.69. The molecule has 0 aliphatic carbocycles. The summed E-state index contributed by atoms with van der Waals surface area (Å²) in [6, 6.07) is 17.2. The first kappa shape index (κ1) is 19.7. The van der Waals surface area contributed by atoms with Crippen LogP contribution in [0.4, 0.5) is 22.0 Å². The van der Waals surface area contributed by atoms with Crippen LogP contribution in [0.3, 0.4) is 0 Å². The quantitative estimate of drug-likeness (QED) is 0.333. The van der Waals surface area contributed by atoms with E-state index in [1.54, 1.807) is 24.4 Å². The van der Waals surface area contributed by atoms with Crippen molar-refractivity contribution in [3.63, 3.8) is 0 Å². The molecule has 2 aromatic carbocycles. The van der Waals surface area contributed by atoms with Crippen LogP contribution in [0, 0.1) is 0 Å². The third-order valence-corrected chi connectivity index (χ3v) is 4.45. The molecule has 0 saturated heterocycles. The van der Waals surface area contributed by atoms with Gasteiger partial charge in [-0.3, -0.25) is 5.32 Å². The number of carbonyl (C=O) groups is 1. The topological polar surface area (TPSA) is 99.2 Å². The molecule has 0 radical (unpaired) electrons. The molecule has 0 saturated carbocycles. The lowest BCUT2D eigenvalue weighted by Gasteiger charge is -2.13. The molecule has 1 aromatic heterocycles. The molecular formula is C20H21N5O2S. The van der Waals surface area contributed by atoms with Gasteiger partial charge in [-0.15, -0.1) is 0 Å². The van der Waals surface area contributed by atoms with Crippen molar-refractivity contribution in [1.82, 2.24) is 15.3 Å². The zero-order chi connectivity index (χ0) is 19.8. The monoisotopic (exact) mass is 395 g/mol. The maximum atomic E-state index is 10.8. The maximum absolute atomic E-state index is 10.8. The molecule has 28 heavy (non-hydrogen) atoms. The number of rotatable bonds is 8. The van der Waals surface area contributed by atoms with Crippen LogP contribution in [0.2, 0.25) is 0 Å². The van der Waals surface area contributed by atoms with Gasteiger partial charge in [-0.05, 0) is 30.0 Å². The fraction of sp³-hybridized carbons (Fsp3) is 0.150. The van der Waals surface area contributed by atoms with Crippen molar-refractivity contribution in [2.75, 3.05) is 16.9 Å². The molecule has 4 N–H and O–H groups in total. The minimum absolute atomic E-state index is 0.486. The van der Waals surface area contributed by atoms with Gasteiger partial charge in [-0.2, -0.15) is 0 Å². The van der Waals surface area contributed by atoms with Crippen molar-refractivity contribution in [3.05, 3.63) is 71.9 Å². The minimum atomic E-state index is -1.10. The number of aromatic nitrogens is 2. The van der Waals surface area contributed by atoms with E-state index < -0.39 is 6.09 Å². The summed E-state index contributed by atoms with van der Waals surface area (Å²) in [5.41, 5.74) is 3.35. The SMILES string of the molecule is CSc1ncc(CNCc2ccccc2)c(Nc2cccc(NC(=O)O)c2)n1. The minimum Gasteiger partial charge on any atom is -0.465 e. The highest BCUT2D eigenvalue weighted by Gasteiger charge is 2.09. The molecule has 0 aliphatic rings. The van der Waals surface area contributed by atoms with Crippen molar-refractivity contribution in [2.24, 2.45) is 0 Å². The number of benzene rings is 2. The standard InChI is InChI=1S/C20H21N5O2S/c1-28-19-22-13-15(12-21-11-14-6-3-2-4-7-14)18(25-19)23-16-8-5-9-17(10-16)24-20(26)27/h2-10,13,21,24H,11-12H2,1H3,(H,26,27)(H,22,23,25). The van der Waals surface area contributed by atoms with E-state index in [1.165, 1.54) is 17.3 Å². The lowest BCUT2D eigenvalue weighted by molar-refractivity contribution is 0.210. The Labute approximate surface area is 167 Å². The van der Waals surface area contributed by atoms with Crippen LogP contribution in [0.15, 0.2) is 66.0 Å². The number of thioether (sulfide) groups is 1. The van der Waals surface area contributed by atoms with Crippen molar-refractivity contribution in [1.29, 1.82) is 0 Å². The Morgan fingerprint density at radius 1 is 1.07 bits per heavy atom. The van der Waals surface area contributed by atoms with Crippen LogP contribution < -0.4 is 16.0 Å². The van der Waals surface area contributed by atoms with Crippen LogP contribution >= 0.6 is 11.8 Å². The molecule has 0 aliphatic heterocycles. The third kappa shape index (κ3) is 5.70. The predicted octanol–water partition coefficient (Wildman–Crippen LogP) is 4.32.